The summed E-state index contributed by atoms with van der Waals surface area (Å²) >= 11 is 0. The number of aromatic nitrogens is 3. The molecule has 0 spiro atoms. The number of benzene rings is 1. The minimum Gasteiger partial charge on any atom is -0.295 e. The first-order valence-corrected chi connectivity index (χ1v) is 11.2. The van der Waals surface area contributed by atoms with Crippen molar-refractivity contribution < 1.29 is 4.79 Å². The molecule has 2 saturated carbocycles. The summed E-state index contributed by atoms with van der Waals surface area (Å²) in [6.45, 7) is 4.90. The van der Waals surface area contributed by atoms with Crippen LogP contribution < -0.4 is 0 Å². The standard InChI is InChI=1S/C25H29N3O/c1-24-12-10-18(29)14-16(24)8-9-19-20(24)11-13-25(2)21(19)15-22-23(25)27-28(26-22)17-6-4-3-5-7-17/h3-7,14,19-21H,8-13,15H2,1-2H3/t19-,20?,21?,24+,25+/m1/s1. The summed E-state index contributed by atoms with van der Waals surface area (Å²) in [5.74, 6) is 2.42. The fourth-order valence-electron chi connectivity index (χ4n) is 7.35. The fourth-order valence-corrected chi connectivity index (χ4v) is 7.35. The normalized spacial score (nSPS) is 37.9. The zero-order chi connectivity index (χ0) is 19.8. The highest BCUT2D eigenvalue weighted by Crippen LogP contribution is 2.64. The highest BCUT2D eigenvalue weighted by molar-refractivity contribution is 5.91. The van der Waals surface area contributed by atoms with E-state index in [1.54, 1.807) is 0 Å². The highest BCUT2D eigenvalue weighted by Gasteiger charge is 2.59. The number of hydrogen-bond donors (Lipinski definition) is 0. The molecule has 4 aliphatic rings. The number of hydrogen-bond acceptors (Lipinski definition) is 3. The molecule has 29 heavy (non-hydrogen) atoms. The average molecular weight is 388 g/mol. The average Bonchev–Trinajstić information content (AvgIpc) is 3.27. The van der Waals surface area contributed by atoms with E-state index in [-0.39, 0.29) is 10.8 Å². The fraction of sp³-hybridized carbons (Fsp3) is 0.560. The Bertz CT molecular complexity index is 1020. The summed E-state index contributed by atoms with van der Waals surface area (Å²) in [6.07, 6.45) is 9.61. The van der Waals surface area contributed by atoms with Gasteiger partial charge >= 0.3 is 0 Å². The molecule has 2 fully saturated rings. The van der Waals surface area contributed by atoms with Crippen molar-refractivity contribution >= 4 is 5.78 Å². The molecule has 1 aromatic carbocycles. The molecule has 0 saturated heterocycles. The van der Waals surface area contributed by atoms with Crippen LogP contribution in [-0.2, 0) is 16.6 Å². The lowest BCUT2D eigenvalue weighted by Crippen LogP contribution is -2.51. The third-order valence-corrected chi connectivity index (χ3v) is 8.98. The summed E-state index contributed by atoms with van der Waals surface area (Å²) in [6, 6.07) is 10.3. The summed E-state index contributed by atoms with van der Waals surface area (Å²) in [4.78, 5) is 13.9. The summed E-state index contributed by atoms with van der Waals surface area (Å²) < 4.78 is 0. The molecule has 4 nitrogen and oxygen atoms in total. The molecule has 1 aromatic heterocycles. The van der Waals surface area contributed by atoms with Gasteiger partial charge in [0.1, 0.15) is 0 Å². The molecule has 6 rings (SSSR count). The van der Waals surface area contributed by atoms with Crippen LogP contribution in [0.3, 0.4) is 0 Å². The largest absolute Gasteiger partial charge is 0.295 e. The Morgan fingerprint density at radius 3 is 2.62 bits per heavy atom. The van der Waals surface area contributed by atoms with Crippen LogP contribution in [0.5, 0.6) is 0 Å². The minimum absolute atomic E-state index is 0.144. The van der Waals surface area contributed by atoms with E-state index in [1.165, 1.54) is 36.2 Å². The quantitative estimate of drug-likeness (QED) is 0.705. The van der Waals surface area contributed by atoms with Crippen molar-refractivity contribution in [3.63, 3.8) is 0 Å². The number of ketones is 1. The van der Waals surface area contributed by atoms with Gasteiger partial charge in [-0.05, 0) is 79.9 Å². The predicted molar refractivity (Wildman–Crippen MR) is 112 cm³/mol. The van der Waals surface area contributed by atoms with E-state index in [9.17, 15) is 4.79 Å². The van der Waals surface area contributed by atoms with Crippen molar-refractivity contribution in [1.29, 1.82) is 0 Å². The van der Waals surface area contributed by atoms with Crippen molar-refractivity contribution in [3.05, 3.63) is 53.4 Å². The molecule has 150 valence electrons. The Morgan fingerprint density at radius 1 is 0.966 bits per heavy atom. The monoisotopic (exact) mass is 387 g/mol. The maximum atomic E-state index is 12.0. The Hall–Kier alpha value is -2.23. The Morgan fingerprint density at radius 2 is 1.79 bits per heavy atom. The van der Waals surface area contributed by atoms with Gasteiger partial charge in [0.2, 0.25) is 0 Å². The van der Waals surface area contributed by atoms with E-state index >= 15 is 0 Å². The van der Waals surface area contributed by atoms with E-state index in [4.69, 9.17) is 10.2 Å². The summed E-state index contributed by atoms with van der Waals surface area (Å²) in [5.41, 5.74) is 5.33. The number of carbonyl (C=O) groups excluding carboxylic acids is 1. The molecule has 2 unspecified atom stereocenters. The Balaban J connectivity index is 1.35. The van der Waals surface area contributed by atoms with Gasteiger partial charge in [-0.2, -0.15) is 15.0 Å². The molecule has 0 radical (unpaired) electrons. The molecule has 0 amide bonds. The van der Waals surface area contributed by atoms with Crippen LogP contribution in [0.4, 0.5) is 0 Å². The topological polar surface area (TPSA) is 47.8 Å². The number of nitrogens with zero attached hydrogens (tertiary/aromatic N) is 3. The van der Waals surface area contributed by atoms with Gasteiger partial charge in [-0.3, -0.25) is 4.79 Å². The lowest BCUT2D eigenvalue weighted by atomic mass is 9.47. The molecule has 4 aliphatic carbocycles. The zero-order valence-electron chi connectivity index (χ0n) is 17.4. The predicted octanol–water partition coefficient (Wildman–Crippen LogP) is 4.81. The second kappa shape index (κ2) is 5.90. The molecule has 0 aliphatic heterocycles. The molecule has 2 aromatic rings. The molecular formula is C25H29N3O. The highest BCUT2D eigenvalue weighted by atomic mass is 16.1. The lowest BCUT2D eigenvalue weighted by molar-refractivity contribution is -0.117. The van der Waals surface area contributed by atoms with E-state index < -0.39 is 0 Å². The summed E-state index contributed by atoms with van der Waals surface area (Å²) in [5, 5.41) is 9.94. The van der Waals surface area contributed by atoms with Crippen molar-refractivity contribution in [2.75, 3.05) is 0 Å². The number of allylic oxidation sites excluding steroid dienone is 2. The van der Waals surface area contributed by atoms with Gasteiger partial charge in [0.05, 0.1) is 17.1 Å². The first-order chi connectivity index (χ1) is 14.0. The molecule has 5 atom stereocenters. The van der Waals surface area contributed by atoms with Gasteiger partial charge in [0, 0.05) is 11.8 Å². The molecule has 0 bridgehead atoms. The third-order valence-electron chi connectivity index (χ3n) is 8.98. The van der Waals surface area contributed by atoms with Gasteiger partial charge in [0.25, 0.3) is 0 Å². The first kappa shape index (κ1) is 17.6. The van der Waals surface area contributed by atoms with Crippen molar-refractivity contribution in [2.24, 2.45) is 23.2 Å². The Kier molecular flexibility index (Phi) is 3.58. The van der Waals surface area contributed by atoms with E-state index in [2.05, 4.69) is 26.0 Å². The smallest absolute Gasteiger partial charge is 0.155 e. The van der Waals surface area contributed by atoms with Gasteiger partial charge < -0.3 is 0 Å². The van der Waals surface area contributed by atoms with Crippen molar-refractivity contribution in [3.8, 4) is 5.69 Å². The molecular weight excluding hydrogens is 358 g/mol. The van der Waals surface area contributed by atoms with E-state index in [0.717, 1.165) is 37.3 Å². The minimum atomic E-state index is 0.144. The maximum Gasteiger partial charge on any atom is 0.155 e. The second-order valence-corrected chi connectivity index (χ2v) is 10.2. The van der Waals surface area contributed by atoms with Crippen LogP contribution in [0.15, 0.2) is 42.0 Å². The molecule has 1 heterocycles. The van der Waals surface area contributed by atoms with Crippen LogP contribution in [0.1, 0.15) is 63.8 Å². The van der Waals surface area contributed by atoms with E-state index in [1.807, 2.05) is 29.1 Å². The van der Waals surface area contributed by atoms with Crippen LogP contribution in [0.25, 0.3) is 5.69 Å². The van der Waals surface area contributed by atoms with Gasteiger partial charge in [-0.25, -0.2) is 0 Å². The number of para-hydroxylation sites is 1. The van der Waals surface area contributed by atoms with Crippen LogP contribution >= 0.6 is 0 Å². The van der Waals surface area contributed by atoms with Gasteiger partial charge in [-0.1, -0.05) is 37.6 Å². The Labute approximate surface area is 172 Å². The molecule has 0 N–H and O–H groups in total. The van der Waals surface area contributed by atoms with Gasteiger partial charge in [0.15, 0.2) is 5.78 Å². The number of fused-ring (bicyclic) bond motifs is 7. The van der Waals surface area contributed by atoms with Crippen LogP contribution in [0, 0.1) is 23.2 Å². The van der Waals surface area contributed by atoms with Crippen molar-refractivity contribution in [1.82, 2.24) is 15.0 Å². The maximum absolute atomic E-state index is 12.0. The van der Waals surface area contributed by atoms with Gasteiger partial charge in [-0.15, -0.1) is 0 Å². The third kappa shape index (κ3) is 2.35. The zero-order valence-corrected chi connectivity index (χ0v) is 17.4. The lowest BCUT2D eigenvalue weighted by Gasteiger charge is -2.57. The van der Waals surface area contributed by atoms with E-state index in [0.29, 0.717) is 17.6 Å². The molecule has 4 heteroatoms. The van der Waals surface area contributed by atoms with Crippen LogP contribution in [-0.4, -0.2) is 20.8 Å². The number of rotatable bonds is 1. The second-order valence-electron chi connectivity index (χ2n) is 10.2. The van der Waals surface area contributed by atoms with Crippen LogP contribution in [0.2, 0.25) is 0 Å². The SMILES string of the molecule is C[C@]12CCC(=O)C=C1CC[C@@H]1C2CC[C@]2(C)c3nn(-c4ccccc4)nc3CC12. The van der Waals surface area contributed by atoms with Crippen molar-refractivity contribution in [2.45, 2.75) is 64.2 Å². The first-order valence-electron chi connectivity index (χ1n) is 11.2. The number of carbonyl (C=O) groups is 1. The summed E-state index contributed by atoms with van der Waals surface area (Å²) in [7, 11) is 0.